The molecule has 0 unspecified atom stereocenters. The molecule has 5 heteroatoms. The first-order valence-corrected chi connectivity index (χ1v) is 7.95. The normalized spacial score (nSPS) is 15.7. The van der Waals surface area contributed by atoms with Gasteiger partial charge in [-0.05, 0) is 29.8 Å². The van der Waals surface area contributed by atoms with Gasteiger partial charge < -0.3 is 9.64 Å². The van der Waals surface area contributed by atoms with Crippen LogP contribution in [0.4, 0.5) is 5.69 Å². The molecule has 4 nitrogen and oxygen atoms in total. The van der Waals surface area contributed by atoms with Crippen LogP contribution >= 0.6 is 11.6 Å². The number of nitrogens with zero attached hydrogens (tertiary/aromatic N) is 2. The van der Waals surface area contributed by atoms with Crippen molar-refractivity contribution in [2.75, 3.05) is 31.6 Å². The molecule has 0 saturated carbocycles. The Balaban J connectivity index is 1.64. The third kappa shape index (κ3) is 3.66. The van der Waals surface area contributed by atoms with Crippen molar-refractivity contribution in [2.24, 2.45) is 0 Å². The van der Waals surface area contributed by atoms with Gasteiger partial charge in [-0.1, -0.05) is 35.9 Å². The van der Waals surface area contributed by atoms with E-state index >= 15 is 0 Å². The number of anilines is 1. The molecule has 0 atom stereocenters. The molecule has 1 fully saturated rings. The monoisotopic (exact) mass is 330 g/mol. The van der Waals surface area contributed by atoms with E-state index in [9.17, 15) is 4.79 Å². The Morgan fingerprint density at radius 3 is 2.57 bits per heavy atom. The number of carbonyl (C=O) groups is 1. The van der Waals surface area contributed by atoms with Crippen LogP contribution in [0, 0.1) is 0 Å². The quantitative estimate of drug-likeness (QED) is 0.863. The summed E-state index contributed by atoms with van der Waals surface area (Å²) in [6, 6.07) is 15.5. The highest BCUT2D eigenvalue weighted by Crippen LogP contribution is 2.26. The van der Waals surface area contributed by atoms with Crippen LogP contribution < -0.4 is 9.64 Å². The number of halogens is 1. The van der Waals surface area contributed by atoms with Gasteiger partial charge in [-0.15, -0.1) is 0 Å². The third-order valence-corrected chi connectivity index (χ3v) is 4.29. The minimum Gasteiger partial charge on any atom is -0.495 e. The fourth-order valence-corrected chi connectivity index (χ4v) is 3.08. The largest absolute Gasteiger partial charge is 0.495 e. The summed E-state index contributed by atoms with van der Waals surface area (Å²) in [6.07, 6.45) is 0. The number of hydrogen-bond donors (Lipinski definition) is 0. The smallest absolute Gasteiger partial charge is 0.241 e. The number of benzene rings is 2. The number of ether oxygens (including phenoxy) is 1. The maximum absolute atomic E-state index is 12.4. The molecule has 0 spiro atoms. The zero-order valence-electron chi connectivity index (χ0n) is 13.0. The van der Waals surface area contributed by atoms with Crippen LogP contribution in [0.15, 0.2) is 48.5 Å². The van der Waals surface area contributed by atoms with Gasteiger partial charge in [-0.25, -0.2) is 0 Å². The summed E-state index contributed by atoms with van der Waals surface area (Å²) in [6.45, 7) is 2.66. The number of carbonyl (C=O) groups excluding carboxylic acids is 1. The van der Waals surface area contributed by atoms with Crippen LogP contribution in [0.2, 0.25) is 5.02 Å². The third-order valence-electron chi connectivity index (χ3n) is 3.99. The van der Waals surface area contributed by atoms with Crippen LogP contribution in [0.25, 0.3) is 0 Å². The molecule has 120 valence electrons. The lowest BCUT2D eigenvalue weighted by atomic mass is 10.1. The minimum atomic E-state index is 0.127. The Bertz CT molecular complexity index is 691. The molecule has 1 aliphatic rings. The Kier molecular flexibility index (Phi) is 4.84. The van der Waals surface area contributed by atoms with Crippen LogP contribution in [0.5, 0.6) is 5.75 Å². The first-order chi connectivity index (χ1) is 11.2. The average Bonchev–Trinajstić information content (AvgIpc) is 2.56. The van der Waals surface area contributed by atoms with Crippen molar-refractivity contribution in [2.45, 2.75) is 6.54 Å². The molecule has 0 N–H and O–H groups in total. The molecule has 1 amide bonds. The number of hydrogen-bond acceptors (Lipinski definition) is 3. The molecule has 0 aliphatic carbocycles. The first kappa shape index (κ1) is 15.8. The lowest BCUT2D eigenvalue weighted by Crippen LogP contribution is -2.50. The molecular formula is C18H19ClN2O2. The molecule has 2 aromatic carbocycles. The van der Waals surface area contributed by atoms with Crippen molar-refractivity contribution in [1.82, 2.24) is 4.90 Å². The summed E-state index contributed by atoms with van der Waals surface area (Å²) in [5, 5.41) is 0.597. The molecule has 1 heterocycles. The predicted octanol–water partition coefficient (Wildman–Crippen LogP) is 3.20. The van der Waals surface area contributed by atoms with Crippen molar-refractivity contribution < 1.29 is 9.53 Å². The maximum Gasteiger partial charge on any atom is 0.241 e. The van der Waals surface area contributed by atoms with Crippen LogP contribution in [0.1, 0.15) is 5.56 Å². The second-order valence-electron chi connectivity index (χ2n) is 5.56. The number of piperazine rings is 1. The van der Waals surface area contributed by atoms with E-state index in [-0.39, 0.29) is 5.91 Å². The summed E-state index contributed by atoms with van der Waals surface area (Å²) in [5.74, 6) is 0.794. The summed E-state index contributed by atoms with van der Waals surface area (Å²) >= 11 is 6.16. The average molecular weight is 331 g/mol. The van der Waals surface area contributed by atoms with Gasteiger partial charge in [-0.2, -0.15) is 0 Å². The molecule has 23 heavy (non-hydrogen) atoms. The van der Waals surface area contributed by atoms with Crippen molar-refractivity contribution >= 4 is 23.2 Å². The van der Waals surface area contributed by atoms with Crippen molar-refractivity contribution in [3.63, 3.8) is 0 Å². The number of rotatable bonds is 4. The van der Waals surface area contributed by atoms with Gasteiger partial charge in [0.05, 0.1) is 18.7 Å². The van der Waals surface area contributed by atoms with Gasteiger partial charge in [0.2, 0.25) is 5.91 Å². The lowest BCUT2D eigenvalue weighted by Gasteiger charge is -2.34. The molecular weight excluding hydrogens is 312 g/mol. The topological polar surface area (TPSA) is 32.8 Å². The Morgan fingerprint density at radius 1 is 1.13 bits per heavy atom. The van der Waals surface area contributed by atoms with Crippen LogP contribution in [-0.2, 0) is 11.3 Å². The maximum atomic E-state index is 12.4. The standard InChI is InChI=1S/C18H19ClN2O2/c1-23-17-8-7-14(11-16(17)19)12-20-9-10-21(18(22)13-20)15-5-3-2-4-6-15/h2-8,11H,9-10,12-13H2,1H3. The SMILES string of the molecule is COc1ccc(CN2CCN(c3ccccc3)C(=O)C2)cc1Cl. The number of methoxy groups -OCH3 is 1. The number of para-hydroxylation sites is 1. The molecule has 3 rings (SSSR count). The second kappa shape index (κ2) is 7.02. The van der Waals surface area contributed by atoms with E-state index < -0.39 is 0 Å². The summed E-state index contributed by atoms with van der Waals surface area (Å²) in [7, 11) is 1.60. The Labute approximate surface area is 141 Å². The molecule has 0 radical (unpaired) electrons. The van der Waals surface area contributed by atoms with E-state index in [1.54, 1.807) is 7.11 Å². The molecule has 1 saturated heterocycles. The summed E-state index contributed by atoms with van der Waals surface area (Å²) in [4.78, 5) is 16.4. The lowest BCUT2D eigenvalue weighted by molar-refractivity contribution is -0.121. The Hall–Kier alpha value is -2.04. The molecule has 2 aromatic rings. The molecule has 0 bridgehead atoms. The van der Waals surface area contributed by atoms with E-state index in [0.29, 0.717) is 30.4 Å². The first-order valence-electron chi connectivity index (χ1n) is 7.57. The fraction of sp³-hybridized carbons (Fsp3) is 0.278. The molecule has 0 aromatic heterocycles. The number of amides is 1. The second-order valence-corrected chi connectivity index (χ2v) is 5.97. The van der Waals surface area contributed by atoms with E-state index in [1.807, 2.05) is 53.4 Å². The van der Waals surface area contributed by atoms with Gasteiger partial charge >= 0.3 is 0 Å². The van der Waals surface area contributed by atoms with Gasteiger partial charge in [0.1, 0.15) is 5.75 Å². The highest BCUT2D eigenvalue weighted by atomic mass is 35.5. The highest BCUT2D eigenvalue weighted by molar-refractivity contribution is 6.32. The van der Waals surface area contributed by atoms with Crippen molar-refractivity contribution in [1.29, 1.82) is 0 Å². The minimum absolute atomic E-state index is 0.127. The van der Waals surface area contributed by atoms with Gasteiger partial charge in [0.15, 0.2) is 0 Å². The van der Waals surface area contributed by atoms with Gasteiger partial charge in [0, 0.05) is 25.3 Å². The van der Waals surface area contributed by atoms with Gasteiger partial charge in [0.25, 0.3) is 0 Å². The summed E-state index contributed by atoms with van der Waals surface area (Å²) < 4.78 is 5.16. The van der Waals surface area contributed by atoms with E-state index in [2.05, 4.69) is 4.90 Å². The zero-order valence-corrected chi connectivity index (χ0v) is 13.8. The predicted molar refractivity (Wildman–Crippen MR) is 92.1 cm³/mol. The van der Waals surface area contributed by atoms with E-state index in [4.69, 9.17) is 16.3 Å². The highest BCUT2D eigenvalue weighted by Gasteiger charge is 2.24. The zero-order chi connectivity index (χ0) is 16.2. The van der Waals surface area contributed by atoms with E-state index in [0.717, 1.165) is 17.8 Å². The summed E-state index contributed by atoms with van der Waals surface area (Å²) in [5.41, 5.74) is 2.04. The van der Waals surface area contributed by atoms with Crippen LogP contribution in [-0.4, -0.2) is 37.6 Å². The van der Waals surface area contributed by atoms with E-state index in [1.165, 1.54) is 0 Å². The fourth-order valence-electron chi connectivity index (χ4n) is 2.80. The van der Waals surface area contributed by atoms with Crippen molar-refractivity contribution in [3.05, 3.63) is 59.1 Å². The van der Waals surface area contributed by atoms with Crippen molar-refractivity contribution in [3.8, 4) is 5.75 Å². The van der Waals surface area contributed by atoms with Crippen LogP contribution in [0.3, 0.4) is 0 Å². The van der Waals surface area contributed by atoms with Gasteiger partial charge in [-0.3, -0.25) is 9.69 Å². The molecule has 1 aliphatic heterocycles. The Morgan fingerprint density at radius 2 is 1.91 bits per heavy atom.